The molecule has 2 nitrogen and oxygen atoms in total. The van der Waals surface area contributed by atoms with Crippen molar-refractivity contribution in [2.45, 2.75) is 31.7 Å². The van der Waals surface area contributed by atoms with Crippen LogP contribution in [-0.2, 0) is 0 Å². The van der Waals surface area contributed by atoms with E-state index in [2.05, 4.69) is 57.2 Å². The topological polar surface area (TPSA) is 16.1 Å². The largest absolute Gasteiger partial charge is 0.353 e. The van der Waals surface area contributed by atoms with Gasteiger partial charge in [-0.1, -0.05) is 47.0 Å². The lowest BCUT2D eigenvalue weighted by Crippen LogP contribution is -2.35. The molecule has 1 heterocycles. The van der Waals surface area contributed by atoms with Gasteiger partial charge in [0.2, 0.25) is 0 Å². The van der Waals surface area contributed by atoms with Gasteiger partial charge in [0.05, 0.1) is 5.52 Å². The minimum absolute atomic E-state index is 0.672. The number of para-hydroxylation sites is 1. The standard InChI is InChI=1S/C16H19BrN2/c17-11-12-19(14-6-2-3-7-14)16-10-9-13-5-1-4-8-15(13)18-16/h1,4-5,8-10,14H,2-3,6-7,11-12H2. The quantitative estimate of drug-likeness (QED) is 0.778. The Hall–Kier alpha value is -1.09. The van der Waals surface area contributed by atoms with Gasteiger partial charge in [-0.05, 0) is 31.0 Å². The number of alkyl halides is 1. The van der Waals surface area contributed by atoms with Crippen molar-refractivity contribution < 1.29 is 0 Å². The number of nitrogens with zero attached hydrogens (tertiary/aromatic N) is 2. The van der Waals surface area contributed by atoms with E-state index in [4.69, 9.17) is 4.98 Å². The first-order valence-electron chi connectivity index (χ1n) is 7.07. The van der Waals surface area contributed by atoms with Gasteiger partial charge in [-0.15, -0.1) is 0 Å². The first-order chi connectivity index (χ1) is 9.38. The zero-order valence-corrected chi connectivity index (χ0v) is 12.6. The summed E-state index contributed by atoms with van der Waals surface area (Å²) in [4.78, 5) is 7.32. The Morgan fingerprint density at radius 1 is 1.11 bits per heavy atom. The van der Waals surface area contributed by atoms with Crippen LogP contribution < -0.4 is 4.90 Å². The van der Waals surface area contributed by atoms with Crippen molar-refractivity contribution in [2.75, 3.05) is 16.8 Å². The van der Waals surface area contributed by atoms with Crippen molar-refractivity contribution >= 4 is 32.7 Å². The Labute approximate surface area is 123 Å². The predicted octanol–water partition coefficient (Wildman–Crippen LogP) is 4.38. The molecule has 19 heavy (non-hydrogen) atoms. The molecule has 0 atom stereocenters. The van der Waals surface area contributed by atoms with E-state index in [1.54, 1.807) is 0 Å². The zero-order chi connectivity index (χ0) is 13.1. The molecule has 1 saturated carbocycles. The van der Waals surface area contributed by atoms with Crippen LogP contribution in [0.15, 0.2) is 36.4 Å². The van der Waals surface area contributed by atoms with E-state index in [1.165, 1.54) is 31.1 Å². The molecule has 1 aromatic heterocycles. The minimum Gasteiger partial charge on any atom is -0.353 e. The molecule has 0 unspecified atom stereocenters. The first-order valence-corrected chi connectivity index (χ1v) is 8.19. The summed E-state index contributed by atoms with van der Waals surface area (Å²) >= 11 is 3.57. The summed E-state index contributed by atoms with van der Waals surface area (Å²) in [5, 5.41) is 2.22. The van der Waals surface area contributed by atoms with Crippen LogP contribution in [0.4, 0.5) is 5.82 Å². The summed E-state index contributed by atoms with van der Waals surface area (Å²) < 4.78 is 0. The highest BCUT2D eigenvalue weighted by Gasteiger charge is 2.23. The maximum absolute atomic E-state index is 4.84. The second-order valence-electron chi connectivity index (χ2n) is 5.18. The fourth-order valence-electron chi connectivity index (χ4n) is 3.01. The van der Waals surface area contributed by atoms with Gasteiger partial charge in [-0.3, -0.25) is 0 Å². The maximum atomic E-state index is 4.84. The second-order valence-corrected chi connectivity index (χ2v) is 5.98. The highest BCUT2D eigenvalue weighted by molar-refractivity contribution is 9.09. The first kappa shape index (κ1) is 12.9. The molecular formula is C16H19BrN2. The molecule has 0 N–H and O–H groups in total. The predicted molar refractivity (Wildman–Crippen MR) is 85.1 cm³/mol. The number of halogens is 1. The molecule has 0 saturated heterocycles. The Balaban J connectivity index is 1.94. The van der Waals surface area contributed by atoms with E-state index in [1.807, 2.05) is 0 Å². The van der Waals surface area contributed by atoms with Crippen molar-refractivity contribution in [2.24, 2.45) is 0 Å². The highest BCUT2D eigenvalue weighted by atomic mass is 79.9. The van der Waals surface area contributed by atoms with Gasteiger partial charge in [-0.2, -0.15) is 0 Å². The lowest BCUT2D eigenvalue weighted by molar-refractivity contribution is 0.617. The van der Waals surface area contributed by atoms with E-state index in [0.29, 0.717) is 6.04 Å². The van der Waals surface area contributed by atoms with Crippen LogP contribution in [0.2, 0.25) is 0 Å². The summed E-state index contributed by atoms with van der Waals surface area (Å²) in [7, 11) is 0. The van der Waals surface area contributed by atoms with Crippen molar-refractivity contribution in [3.05, 3.63) is 36.4 Å². The summed E-state index contributed by atoms with van der Waals surface area (Å²) in [6.07, 6.45) is 5.33. The van der Waals surface area contributed by atoms with E-state index in [9.17, 15) is 0 Å². The number of hydrogen-bond donors (Lipinski definition) is 0. The molecule has 3 heteroatoms. The van der Waals surface area contributed by atoms with Crippen molar-refractivity contribution in [1.82, 2.24) is 4.98 Å². The summed E-state index contributed by atoms with van der Waals surface area (Å²) in [5.74, 6) is 1.13. The van der Waals surface area contributed by atoms with Crippen molar-refractivity contribution in [3.63, 3.8) is 0 Å². The van der Waals surface area contributed by atoms with Crippen LogP contribution in [0.5, 0.6) is 0 Å². The molecule has 0 spiro atoms. The van der Waals surface area contributed by atoms with E-state index < -0.39 is 0 Å². The van der Waals surface area contributed by atoms with E-state index in [-0.39, 0.29) is 0 Å². The van der Waals surface area contributed by atoms with E-state index in [0.717, 1.165) is 23.2 Å². The van der Waals surface area contributed by atoms with Gasteiger partial charge in [0.15, 0.2) is 0 Å². The number of hydrogen-bond acceptors (Lipinski definition) is 2. The zero-order valence-electron chi connectivity index (χ0n) is 11.1. The van der Waals surface area contributed by atoms with Gasteiger partial charge >= 0.3 is 0 Å². The maximum Gasteiger partial charge on any atom is 0.129 e. The van der Waals surface area contributed by atoms with Crippen molar-refractivity contribution in [3.8, 4) is 0 Å². The molecule has 1 aliphatic rings. The third-order valence-corrected chi connectivity index (χ3v) is 4.32. The van der Waals surface area contributed by atoms with Gasteiger partial charge < -0.3 is 4.90 Å². The molecule has 2 aromatic rings. The van der Waals surface area contributed by atoms with Crippen LogP contribution in [0, 0.1) is 0 Å². The summed E-state index contributed by atoms with van der Waals surface area (Å²) in [6.45, 7) is 1.04. The molecule has 0 radical (unpaired) electrons. The SMILES string of the molecule is BrCCN(c1ccc2ccccc2n1)C1CCCC1. The minimum atomic E-state index is 0.672. The average molecular weight is 319 g/mol. The smallest absolute Gasteiger partial charge is 0.129 e. The Morgan fingerprint density at radius 2 is 1.89 bits per heavy atom. The lowest BCUT2D eigenvalue weighted by atomic mass is 10.2. The number of benzene rings is 1. The number of pyridine rings is 1. The molecule has 0 bridgehead atoms. The van der Waals surface area contributed by atoms with Crippen LogP contribution in [0.1, 0.15) is 25.7 Å². The molecule has 0 aliphatic heterocycles. The Morgan fingerprint density at radius 3 is 2.68 bits per heavy atom. The second kappa shape index (κ2) is 5.91. The van der Waals surface area contributed by atoms with Gasteiger partial charge in [0.25, 0.3) is 0 Å². The summed E-state index contributed by atoms with van der Waals surface area (Å²) in [5.41, 5.74) is 1.09. The van der Waals surface area contributed by atoms with Crippen LogP contribution in [0.25, 0.3) is 10.9 Å². The number of rotatable bonds is 4. The van der Waals surface area contributed by atoms with E-state index >= 15 is 0 Å². The monoisotopic (exact) mass is 318 g/mol. The number of anilines is 1. The average Bonchev–Trinajstić information content (AvgIpc) is 2.98. The Kier molecular flexibility index (Phi) is 4.02. The molecule has 3 rings (SSSR count). The molecule has 0 amide bonds. The molecular weight excluding hydrogens is 300 g/mol. The van der Waals surface area contributed by atoms with Crippen LogP contribution >= 0.6 is 15.9 Å². The van der Waals surface area contributed by atoms with Gasteiger partial charge in [-0.25, -0.2) is 4.98 Å². The van der Waals surface area contributed by atoms with Crippen LogP contribution in [0.3, 0.4) is 0 Å². The molecule has 100 valence electrons. The summed E-state index contributed by atoms with van der Waals surface area (Å²) in [6, 6.07) is 13.4. The van der Waals surface area contributed by atoms with Gasteiger partial charge in [0, 0.05) is 23.3 Å². The number of aromatic nitrogens is 1. The highest BCUT2D eigenvalue weighted by Crippen LogP contribution is 2.28. The number of fused-ring (bicyclic) bond motifs is 1. The van der Waals surface area contributed by atoms with Crippen LogP contribution in [-0.4, -0.2) is 22.9 Å². The Bertz CT molecular complexity index is 549. The van der Waals surface area contributed by atoms with Gasteiger partial charge in [0.1, 0.15) is 5.82 Å². The molecule has 1 aromatic carbocycles. The third-order valence-electron chi connectivity index (χ3n) is 3.97. The molecule has 1 aliphatic carbocycles. The van der Waals surface area contributed by atoms with Crippen molar-refractivity contribution in [1.29, 1.82) is 0 Å². The fraction of sp³-hybridized carbons (Fsp3) is 0.438. The molecule has 1 fully saturated rings. The third kappa shape index (κ3) is 2.76. The lowest BCUT2D eigenvalue weighted by Gasteiger charge is -2.29. The fourth-order valence-corrected chi connectivity index (χ4v) is 3.39. The normalized spacial score (nSPS) is 16.1.